The molecule has 37 heavy (non-hydrogen) atoms. The lowest BCUT2D eigenvalue weighted by Crippen LogP contribution is -2.43. The molecule has 0 aromatic carbocycles. The van der Waals surface area contributed by atoms with Crippen LogP contribution >= 0.6 is 0 Å². The Hall–Kier alpha value is -3.68. The van der Waals surface area contributed by atoms with E-state index in [0.29, 0.717) is 6.54 Å². The lowest BCUT2D eigenvalue weighted by atomic mass is 9.90. The van der Waals surface area contributed by atoms with E-state index in [9.17, 15) is 26.4 Å². The van der Waals surface area contributed by atoms with Crippen LogP contribution in [0.1, 0.15) is 43.2 Å². The number of halogens is 3. The third-order valence-electron chi connectivity index (χ3n) is 6.81. The van der Waals surface area contributed by atoms with Crippen LogP contribution < -0.4 is 15.4 Å². The van der Waals surface area contributed by atoms with Gasteiger partial charge in [-0.25, -0.2) is 23.1 Å². The smallest absolute Gasteiger partial charge is 0.383 e. The third-order valence-corrected chi connectivity index (χ3v) is 8.19. The van der Waals surface area contributed by atoms with Crippen molar-refractivity contribution in [3.63, 3.8) is 0 Å². The van der Waals surface area contributed by atoms with Crippen LogP contribution in [0.3, 0.4) is 0 Å². The highest BCUT2D eigenvalue weighted by molar-refractivity contribution is 7.90. The van der Waals surface area contributed by atoms with Gasteiger partial charge in [0, 0.05) is 25.3 Å². The van der Waals surface area contributed by atoms with Crippen molar-refractivity contribution >= 4 is 27.6 Å². The lowest BCUT2D eigenvalue weighted by Gasteiger charge is -2.36. The van der Waals surface area contributed by atoms with Crippen molar-refractivity contribution in [1.29, 1.82) is 0 Å². The number of hydrogen-bond acceptors (Lipinski definition) is 8. The van der Waals surface area contributed by atoms with Crippen molar-refractivity contribution in [3.05, 3.63) is 47.8 Å². The van der Waals surface area contributed by atoms with E-state index in [4.69, 9.17) is 5.73 Å². The largest absolute Gasteiger partial charge is 0.435 e. The van der Waals surface area contributed by atoms with Gasteiger partial charge in [0.1, 0.15) is 16.5 Å². The summed E-state index contributed by atoms with van der Waals surface area (Å²) in [6.07, 6.45) is -2.56. The molecule has 0 saturated carbocycles. The quantitative estimate of drug-likeness (QED) is 0.506. The fourth-order valence-corrected chi connectivity index (χ4v) is 5.34. The van der Waals surface area contributed by atoms with Crippen LogP contribution in [0.2, 0.25) is 0 Å². The van der Waals surface area contributed by atoms with Crippen molar-refractivity contribution in [1.82, 2.24) is 24.5 Å². The Balaban J connectivity index is 1.81. The van der Waals surface area contributed by atoms with Crippen LogP contribution in [0.4, 0.5) is 24.8 Å². The molecule has 14 heteroatoms. The molecule has 198 valence electrons. The first-order chi connectivity index (χ1) is 17.1. The van der Waals surface area contributed by atoms with E-state index in [1.54, 1.807) is 0 Å². The number of nitrogens with two attached hydrogens (primary N) is 1. The summed E-state index contributed by atoms with van der Waals surface area (Å²) < 4.78 is 68.5. The first-order valence-corrected chi connectivity index (χ1v) is 12.8. The molecule has 1 fully saturated rings. The predicted molar refractivity (Wildman–Crippen MR) is 130 cm³/mol. The molecule has 10 nitrogen and oxygen atoms in total. The van der Waals surface area contributed by atoms with E-state index in [-0.39, 0.29) is 39.4 Å². The van der Waals surface area contributed by atoms with E-state index >= 15 is 0 Å². The fourth-order valence-electron chi connectivity index (χ4n) is 4.29. The van der Waals surface area contributed by atoms with E-state index < -0.39 is 33.3 Å². The van der Waals surface area contributed by atoms with Gasteiger partial charge in [-0.3, -0.25) is 9.48 Å². The Morgan fingerprint density at radius 1 is 1.24 bits per heavy atom. The van der Waals surface area contributed by atoms with Crippen LogP contribution in [0.5, 0.6) is 0 Å². The standard InChI is InChI=1S/C23H26F3N7O3S/c1-13-9-11-33(22(13,2)3)20-14(21(34)31-37(35,36)17-6-5-10-28-19(17)27)7-8-15(29-20)16-12-18(23(24,25)26)30-32(16)4/h5-8,10,12-13H,9,11H2,1-4H3,(H2,27,28)(H,31,34). The van der Waals surface area contributed by atoms with Gasteiger partial charge in [0.05, 0.1) is 17.0 Å². The summed E-state index contributed by atoms with van der Waals surface area (Å²) in [5.74, 6) is -0.897. The number of nitrogens with one attached hydrogen (secondary N) is 1. The second kappa shape index (κ2) is 9.01. The monoisotopic (exact) mass is 537 g/mol. The van der Waals surface area contributed by atoms with Crippen molar-refractivity contribution in [2.75, 3.05) is 17.2 Å². The number of alkyl halides is 3. The molecule has 1 atom stereocenters. The summed E-state index contributed by atoms with van der Waals surface area (Å²) in [4.78, 5) is 23.1. The number of rotatable bonds is 5. The molecule has 1 unspecified atom stereocenters. The molecule has 0 spiro atoms. The van der Waals surface area contributed by atoms with Crippen LogP contribution in [0, 0.1) is 5.92 Å². The average molecular weight is 538 g/mol. The molecular weight excluding hydrogens is 511 g/mol. The van der Waals surface area contributed by atoms with Gasteiger partial charge in [-0.2, -0.15) is 18.3 Å². The zero-order chi connectivity index (χ0) is 27.3. The van der Waals surface area contributed by atoms with Crippen molar-refractivity contribution in [3.8, 4) is 11.4 Å². The number of aryl methyl sites for hydroxylation is 1. The molecule has 1 aliphatic heterocycles. The Labute approximate surface area is 211 Å². The van der Waals surface area contributed by atoms with Gasteiger partial charge in [-0.1, -0.05) is 6.92 Å². The second-order valence-corrected chi connectivity index (χ2v) is 11.1. The van der Waals surface area contributed by atoms with Gasteiger partial charge < -0.3 is 10.6 Å². The maximum atomic E-state index is 13.3. The van der Waals surface area contributed by atoms with E-state index in [2.05, 4.69) is 15.1 Å². The zero-order valence-electron chi connectivity index (χ0n) is 20.5. The minimum atomic E-state index is -4.65. The van der Waals surface area contributed by atoms with Crippen molar-refractivity contribution < 1.29 is 26.4 Å². The first-order valence-electron chi connectivity index (χ1n) is 11.3. The zero-order valence-corrected chi connectivity index (χ0v) is 21.4. The Morgan fingerprint density at radius 3 is 2.51 bits per heavy atom. The fraction of sp³-hybridized carbons (Fsp3) is 0.391. The van der Waals surface area contributed by atoms with E-state index in [0.717, 1.165) is 17.2 Å². The first kappa shape index (κ1) is 26.4. The SMILES string of the molecule is CC1CCN(c2nc(-c3cc(C(F)(F)F)nn3C)ccc2C(=O)NS(=O)(=O)c2cccnc2N)C1(C)C. The van der Waals surface area contributed by atoms with Crippen molar-refractivity contribution in [2.24, 2.45) is 13.0 Å². The molecule has 3 aromatic heterocycles. The number of pyridine rings is 2. The van der Waals surface area contributed by atoms with E-state index in [1.165, 1.54) is 37.5 Å². The molecular formula is C23H26F3N7O3S. The number of nitrogens with zero attached hydrogens (tertiary/aromatic N) is 5. The average Bonchev–Trinajstić information content (AvgIpc) is 3.32. The Kier molecular flexibility index (Phi) is 6.42. The highest BCUT2D eigenvalue weighted by Gasteiger charge is 2.41. The number of aromatic nitrogens is 4. The molecule has 4 heterocycles. The third kappa shape index (κ3) is 4.84. The van der Waals surface area contributed by atoms with Crippen LogP contribution in [-0.2, 0) is 23.2 Å². The minimum Gasteiger partial charge on any atom is -0.383 e. The van der Waals surface area contributed by atoms with Crippen molar-refractivity contribution in [2.45, 2.75) is 43.8 Å². The second-order valence-electron chi connectivity index (χ2n) is 9.42. The number of nitrogen functional groups attached to an aromatic ring is 1. The Bertz CT molecular complexity index is 1470. The molecule has 0 aliphatic carbocycles. The van der Waals surface area contributed by atoms with Gasteiger partial charge in [0.25, 0.3) is 15.9 Å². The van der Waals surface area contributed by atoms with Gasteiger partial charge in [0.15, 0.2) is 5.69 Å². The van der Waals surface area contributed by atoms with Gasteiger partial charge >= 0.3 is 6.18 Å². The summed E-state index contributed by atoms with van der Waals surface area (Å²) >= 11 is 0. The number of carbonyl (C=O) groups excluding carboxylic acids is 1. The normalized spacial score (nSPS) is 17.7. The minimum absolute atomic E-state index is 0.0600. The summed E-state index contributed by atoms with van der Waals surface area (Å²) in [5.41, 5.74) is 4.30. The molecule has 3 N–H and O–H groups in total. The van der Waals surface area contributed by atoms with Crippen LogP contribution in [-0.4, -0.2) is 46.2 Å². The molecule has 0 bridgehead atoms. The number of amides is 1. The topological polar surface area (TPSA) is 136 Å². The molecule has 1 saturated heterocycles. The summed E-state index contributed by atoms with van der Waals surface area (Å²) in [7, 11) is -3.01. The lowest BCUT2D eigenvalue weighted by molar-refractivity contribution is -0.141. The summed E-state index contributed by atoms with van der Waals surface area (Å²) in [5, 5.41) is 3.54. The molecule has 3 aromatic rings. The van der Waals surface area contributed by atoms with Crippen LogP contribution in [0.15, 0.2) is 41.4 Å². The molecule has 1 aliphatic rings. The highest BCUT2D eigenvalue weighted by atomic mass is 32.2. The van der Waals surface area contributed by atoms with Gasteiger partial charge in [-0.15, -0.1) is 0 Å². The molecule has 0 radical (unpaired) electrons. The maximum absolute atomic E-state index is 13.3. The van der Waals surface area contributed by atoms with Gasteiger partial charge in [0.2, 0.25) is 0 Å². The molecule has 4 rings (SSSR count). The predicted octanol–water partition coefficient (Wildman–Crippen LogP) is 3.22. The van der Waals surface area contributed by atoms with Crippen LogP contribution in [0.25, 0.3) is 11.4 Å². The number of carbonyl (C=O) groups is 1. The molecule has 1 amide bonds. The summed E-state index contributed by atoms with van der Waals surface area (Å²) in [6, 6.07) is 6.15. The number of hydrogen-bond donors (Lipinski definition) is 2. The number of sulfonamides is 1. The highest BCUT2D eigenvalue weighted by Crippen LogP contribution is 2.40. The Morgan fingerprint density at radius 2 is 1.95 bits per heavy atom. The van der Waals surface area contributed by atoms with E-state index in [1.807, 2.05) is 30.4 Å². The van der Waals surface area contributed by atoms with Gasteiger partial charge in [-0.05, 0) is 56.5 Å². The maximum Gasteiger partial charge on any atom is 0.435 e. The summed E-state index contributed by atoms with van der Waals surface area (Å²) in [6.45, 7) is 6.46. The number of anilines is 2.